The maximum absolute atomic E-state index is 13.3. The first-order valence-electron chi connectivity index (χ1n) is 11.6. The topological polar surface area (TPSA) is 174 Å². The Kier molecular flexibility index (Phi) is 9.13. The number of aromatic carboxylic acids is 1. The molecule has 3 rings (SSSR count). The first-order valence-corrected chi connectivity index (χ1v) is 12.0. The molecule has 1 saturated heterocycles. The number of nitrogens with zero attached hydrogens (tertiary/aromatic N) is 1. The lowest BCUT2D eigenvalue weighted by molar-refractivity contribution is -0.133. The van der Waals surface area contributed by atoms with Crippen LogP contribution in [0.15, 0.2) is 36.4 Å². The number of hydrogen-bond acceptors (Lipinski definition) is 7. The van der Waals surface area contributed by atoms with Gasteiger partial charge in [0.2, 0.25) is 17.7 Å². The average molecular weight is 547 g/mol. The van der Waals surface area contributed by atoms with Crippen LogP contribution in [0.4, 0.5) is 10.5 Å². The predicted molar refractivity (Wildman–Crippen MR) is 136 cm³/mol. The minimum Gasteiger partial charge on any atom is -0.506 e. The van der Waals surface area contributed by atoms with E-state index in [2.05, 4.69) is 16.0 Å². The van der Waals surface area contributed by atoms with Gasteiger partial charge in [0.05, 0.1) is 24.3 Å². The fraction of sp³-hybridized carbons (Fsp3) is 0.320. The molecule has 38 heavy (non-hydrogen) atoms. The number of phenolic OH excluding ortho intramolecular Hbond substituents is 1. The van der Waals surface area contributed by atoms with Gasteiger partial charge in [0.15, 0.2) is 0 Å². The summed E-state index contributed by atoms with van der Waals surface area (Å²) in [6.45, 7) is 1.03. The van der Waals surface area contributed by atoms with E-state index < -0.39 is 48.2 Å². The van der Waals surface area contributed by atoms with Crippen molar-refractivity contribution in [3.63, 3.8) is 0 Å². The number of nitrogens with one attached hydrogen (secondary N) is 3. The lowest BCUT2D eigenvalue weighted by Crippen LogP contribution is -2.53. The standard InChI is InChI=1S/C25H27ClN4O8/c1-3-17(22(33)28-18-10-13(24(35)36)4-6-19(18)31)29-25(37)30-12-21(32)27-11-15(23(30)34)8-14-9-16(26)5-7-20(14)38-2/h4-7,9-10,15,17,31H,3,8,11-12H2,1-2H3,(H,27,32)(H,28,33)(H,29,37)(H,35,36)/t15?,17-/m1/s1. The molecule has 2 aromatic carbocycles. The van der Waals surface area contributed by atoms with Crippen LogP contribution in [0.5, 0.6) is 11.5 Å². The van der Waals surface area contributed by atoms with Crippen molar-refractivity contribution in [3.05, 3.63) is 52.5 Å². The molecule has 1 aliphatic heterocycles. The second kappa shape index (κ2) is 12.3. The Morgan fingerprint density at radius 3 is 2.61 bits per heavy atom. The molecular weight excluding hydrogens is 520 g/mol. The number of rotatable bonds is 8. The quantitative estimate of drug-likeness (QED) is 0.312. The van der Waals surface area contributed by atoms with Gasteiger partial charge in [0.25, 0.3) is 0 Å². The third-order valence-electron chi connectivity index (χ3n) is 5.94. The fourth-order valence-corrected chi connectivity index (χ4v) is 4.09. The van der Waals surface area contributed by atoms with Crippen LogP contribution in [0.2, 0.25) is 5.02 Å². The van der Waals surface area contributed by atoms with Crippen LogP contribution >= 0.6 is 11.6 Å². The van der Waals surface area contributed by atoms with E-state index in [1.165, 1.54) is 7.11 Å². The SMILES string of the molecule is CC[C@@H](NC(=O)N1CC(=O)NCC(Cc2cc(Cl)ccc2OC)C1=O)C(=O)Nc1cc(C(=O)O)ccc1O. The van der Waals surface area contributed by atoms with E-state index in [4.69, 9.17) is 21.4 Å². The molecule has 13 heteroatoms. The highest BCUT2D eigenvalue weighted by Crippen LogP contribution is 2.27. The number of carbonyl (C=O) groups excluding carboxylic acids is 4. The summed E-state index contributed by atoms with van der Waals surface area (Å²) < 4.78 is 5.33. The van der Waals surface area contributed by atoms with Crippen molar-refractivity contribution in [2.75, 3.05) is 25.5 Å². The minimum absolute atomic E-state index is 0.0198. The largest absolute Gasteiger partial charge is 0.506 e. The zero-order chi connectivity index (χ0) is 28.0. The molecule has 5 N–H and O–H groups in total. The molecule has 0 aromatic heterocycles. The lowest BCUT2D eigenvalue weighted by Gasteiger charge is -2.25. The summed E-state index contributed by atoms with van der Waals surface area (Å²) >= 11 is 6.09. The normalized spacial score (nSPS) is 16.2. The van der Waals surface area contributed by atoms with Crippen LogP contribution in [-0.4, -0.2) is 71.1 Å². The molecule has 0 radical (unpaired) electrons. The Morgan fingerprint density at radius 2 is 1.95 bits per heavy atom. The highest BCUT2D eigenvalue weighted by Gasteiger charge is 2.35. The molecule has 1 aliphatic rings. The van der Waals surface area contributed by atoms with Crippen LogP contribution < -0.4 is 20.7 Å². The van der Waals surface area contributed by atoms with E-state index in [1.807, 2.05) is 0 Å². The van der Waals surface area contributed by atoms with E-state index in [1.54, 1.807) is 25.1 Å². The number of carboxylic acid groups (broad SMARTS) is 1. The molecule has 5 amide bonds. The highest BCUT2D eigenvalue weighted by atomic mass is 35.5. The summed E-state index contributed by atoms with van der Waals surface area (Å²) in [7, 11) is 1.47. The molecule has 1 fully saturated rings. The molecule has 0 aliphatic carbocycles. The summed E-state index contributed by atoms with van der Waals surface area (Å²) in [6.07, 6.45) is 0.220. The van der Waals surface area contributed by atoms with Crippen LogP contribution in [0.3, 0.4) is 0 Å². The molecule has 12 nitrogen and oxygen atoms in total. The summed E-state index contributed by atoms with van der Waals surface area (Å²) in [5.41, 5.74) is 0.283. The Bertz CT molecular complexity index is 1270. The van der Waals surface area contributed by atoms with Gasteiger partial charge in [-0.1, -0.05) is 18.5 Å². The summed E-state index contributed by atoms with van der Waals surface area (Å²) in [5.74, 6) is -3.90. The van der Waals surface area contributed by atoms with Crippen molar-refractivity contribution in [3.8, 4) is 11.5 Å². The maximum atomic E-state index is 13.3. The number of benzene rings is 2. The van der Waals surface area contributed by atoms with E-state index in [0.29, 0.717) is 16.3 Å². The lowest BCUT2D eigenvalue weighted by atomic mass is 9.97. The third-order valence-corrected chi connectivity index (χ3v) is 6.18. The monoisotopic (exact) mass is 546 g/mol. The molecule has 0 spiro atoms. The van der Waals surface area contributed by atoms with Gasteiger partial charge >= 0.3 is 12.0 Å². The van der Waals surface area contributed by atoms with Gasteiger partial charge in [-0.25, -0.2) is 9.59 Å². The van der Waals surface area contributed by atoms with Gasteiger partial charge in [-0.15, -0.1) is 0 Å². The number of imide groups is 1. The zero-order valence-electron chi connectivity index (χ0n) is 20.6. The molecule has 0 bridgehead atoms. The second-order valence-corrected chi connectivity index (χ2v) is 8.96. The van der Waals surface area contributed by atoms with E-state index in [9.17, 15) is 29.1 Å². The van der Waals surface area contributed by atoms with Crippen molar-refractivity contribution in [1.82, 2.24) is 15.5 Å². The zero-order valence-corrected chi connectivity index (χ0v) is 21.4. The number of ether oxygens (including phenoxy) is 1. The molecule has 202 valence electrons. The Morgan fingerprint density at radius 1 is 1.21 bits per heavy atom. The number of phenols is 1. The first kappa shape index (κ1) is 28.3. The smallest absolute Gasteiger partial charge is 0.335 e. The van der Waals surface area contributed by atoms with E-state index >= 15 is 0 Å². The number of carbonyl (C=O) groups is 5. The number of carboxylic acids is 1. The van der Waals surface area contributed by atoms with E-state index in [-0.39, 0.29) is 36.4 Å². The molecule has 2 aromatic rings. The number of methoxy groups -OCH3 is 1. The fourth-order valence-electron chi connectivity index (χ4n) is 3.89. The Hall–Kier alpha value is -4.32. The molecule has 1 heterocycles. The molecular formula is C25H27ClN4O8. The van der Waals surface area contributed by atoms with Crippen molar-refractivity contribution in [2.24, 2.45) is 5.92 Å². The van der Waals surface area contributed by atoms with Crippen molar-refractivity contribution >= 4 is 47.0 Å². The van der Waals surface area contributed by atoms with Crippen LogP contribution in [0.25, 0.3) is 0 Å². The number of halogens is 1. The summed E-state index contributed by atoms with van der Waals surface area (Å²) in [5, 5.41) is 27.0. The first-order chi connectivity index (χ1) is 18.0. The number of hydrogen-bond donors (Lipinski definition) is 5. The average Bonchev–Trinajstić information content (AvgIpc) is 3.02. The minimum atomic E-state index is -1.26. The summed E-state index contributed by atoms with van der Waals surface area (Å²) in [6, 6.07) is 6.14. The van der Waals surface area contributed by atoms with Gasteiger partial charge in [-0.2, -0.15) is 0 Å². The number of aromatic hydroxyl groups is 1. The maximum Gasteiger partial charge on any atom is 0.335 e. The van der Waals surface area contributed by atoms with Crippen molar-refractivity contribution in [2.45, 2.75) is 25.8 Å². The van der Waals surface area contributed by atoms with Crippen LogP contribution in [0.1, 0.15) is 29.3 Å². The number of amides is 5. The van der Waals surface area contributed by atoms with Gasteiger partial charge in [0.1, 0.15) is 24.1 Å². The van der Waals surface area contributed by atoms with Crippen LogP contribution in [-0.2, 0) is 20.8 Å². The highest BCUT2D eigenvalue weighted by molar-refractivity contribution is 6.30. The van der Waals surface area contributed by atoms with Crippen molar-refractivity contribution in [1.29, 1.82) is 0 Å². The molecule has 2 atom stereocenters. The second-order valence-electron chi connectivity index (χ2n) is 8.52. The molecule has 1 unspecified atom stereocenters. The van der Waals surface area contributed by atoms with Gasteiger partial charge in [0, 0.05) is 11.6 Å². The Labute approximate surface area is 222 Å². The van der Waals surface area contributed by atoms with Gasteiger partial charge in [-0.05, 0) is 54.8 Å². The number of anilines is 1. The van der Waals surface area contributed by atoms with Gasteiger partial charge < -0.3 is 30.9 Å². The number of urea groups is 1. The summed E-state index contributed by atoms with van der Waals surface area (Å²) in [4.78, 5) is 63.4. The predicted octanol–water partition coefficient (Wildman–Crippen LogP) is 2.00. The van der Waals surface area contributed by atoms with Crippen molar-refractivity contribution < 1.29 is 38.9 Å². The van der Waals surface area contributed by atoms with Crippen LogP contribution in [0, 0.1) is 5.92 Å². The molecule has 0 saturated carbocycles. The van der Waals surface area contributed by atoms with E-state index in [0.717, 1.165) is 23.1 Å². The Balaban J connectivity index is 1.76. The third kappa shape index (κ3) is 6.71. The van der Waals surface area contributed by atoms with Gasteiger partial charge in [-0.3, -0.25) is 19.3 Å².